The number of carbonyl (C=O) groups is 1. The predicted molar refractivity (Wildman–Crippen MR) is 147 cm³/mol. The molecule has 0 aliphatic heterocycles. The predicted octanol–water partition coefficient (Wildman–Crippen LogP) is 4.36. The maximum atomic E-state index is 17.8. The number of hydrogen-bond acceptors (Lipinski definition) is 5. The molecule has 6 rings (SSSR count). The SMILES string of the molecule is C=Cc1cccc(Cn2cc3c(n2)C=C2CC[C@H]4[C@@H]5C[C@@H](C)[C@](O)(C(=O)CO)[C@@]5(C)C[C@H](O)[C@]4(F)[C@@]2(C)C3)c1. The average Bonchev–Trinajstić information content (AvgIpc) is 3.38. The summed E-state index contributed by atoms with van der Waals surface area (Å²) in [5.41, 5.74) is -0.678. The first-order valence-corrected chi connectivity index (χ1v) is 14.1. The quantitative estimate of drug-likeness (QED) is 0.530. The number of carbonyl (C=O) groups excluding carboxylic acids is 1. The summed E-state index contributed by atoms with van der Waals surface area (Å²) in [6.07, 6.45) is 6.61. The third-order valence-corrected chi connectivity index (χ3v) is 11.2. The van der Waals surface area contributed by atoms with Gasteiger partial charge in [-0.15, -0.1) is 0 Å². The van der Waals surface area contributed by atoms with Gasteiger partial charge in [0.15, 0.2) is 5.78 Å². The lowest BCUT2D eigenvalue weighted by molar-refractivity contribution is -0.226. The molecule has 0 radical (unpaired) electrons. The van der Waals surface area contributed by atoms with Crippen molar-refractivity contribution in [2.24, 2.45) is 28.6 Å². The number of hydrogen-bond donors (Lipinski definition) is 3. The van der Waals surface area contributed by atoms with E-state index < -0.39 is 52.4 Å². The molecule has 1 aromatic heterocycles. The summed E-state index contributed by atoms with van der Waals surface area (Å²) in [5, 5.41) is 37.8. The second-order valence-electron chi connectivity index (χ2n) is 13.0. The number of benzene rings is 1. The molecule has 3 N–H and O–H groups in total. The van der Waals surface area contributed by atoms with Crippen LogP contribution < -0.4 is 0 Å². The summed E-state index contributed by atoms with van der Waals surface area (Å²) in [7, 11) is 0. The van der Waals surface area contributed by atoms with Crippen molar-refractivity contribution in [3.05, 3.63) is 65.0 Å². The number of Topliss-reactive ketones (excluding diaryl/α,β-unsaturated/α-hetero) is 1. The fraction of sp³-hybridized carbons (Fsp3) is 0.562. The molecule has 7 heteroatoms. The van der Waals surface area contributed by atoms with E-state index in [4.69, 9.17) is 5.10 Å². The molecule has 8 atom stereocenters. The Kier molecular flexibility index (Phi) is 5.93. The number of alkyl halides is 1. The van der Waals surface area contributed by atoms with Crippen LogP contribution in [0.5, 0.6) is 0 Å². The van der Waals surface area contributed by atoms with Crippen LogP contribution in [0.3, 0.4) is 0 Å². The minimum Gasteiger partial charge on any atom is -0.390 e. The Morgan fingerprint density at radius 1 is 1.31 bits per heavy atom. The van der Waals surface area contributed by atoms with Crippen molar-refractivity contribution in [3.8, 4) is 0 Å². The Hall–Kier alpha value is -2.61. The number of allylic oxidation sites excluding steroid dienone is 1. The van der Waals surface area contributed by atoms with E-state index in [0.29, 0.717) is 32.2 Å². The normalized spacial score (nSPS) is 40.6. The summed E-state index contributed by atoms with van der Waals surface area (Å²) < 4.78 is 19.7. The number of halogens is 1. The van der Waals surface area contributed by atoms with Gasteiger partial charge in [-0.1, -0.05) is 57.2 Å². The van der Waals surface area contributed by atoms with E-state index >= 15 is 4.39 Å². The summed E-state index contributed by atoms with van der Waals surface area (Å²) in [6.45, 7) is 9.24. The molecule has 2 aromatic rings. The van der Waals surface area contributed by atoms with Gasteiger partial charge in [0, 0.05) is 22.9 Å². The molecular weight excluding hydrogens is 495 g/mol. The molecule has 4 aliphatic carbocycles. The highest BCUT2D eigenvalue weighted by Crippen LogP contribution is 2.71. The zero-order chi connectivity index (χ0) is 28.0. The van der Waals surface area contributed by atoms with Crippen molar-refractivity contribution in [1.82, 2.24) is 9.78 Å². The van der Waals surface area contributed by atoms with Crippen molar-refractivity contribution >= 4 is 17.9 Å². The van der Waals surface area contributed by atoms with Gasteiger partial charge in [0.05, 0.1) is 18.3 Å². The zero-order valence-electron chi connectivity index (χ0n) is 23.0. The third-order valence-electron chi connectivity index (χ3n) is 11.2. The lowest BCUT2D eigenvalue weighted by Gasteiger charge is -2.63. The molecule has 0 spiro atoms. The van der Waals surface area contributed by atoms with Crippen molar-refractivity contribution in [2.45, 2.75) is 76.8 Å². The molecule has 0 bridgehead atoms. The largest absolute Gasteiger partial charge is 0.390 e. The van der Waals surface area contributed by atoms with Crippen LogP contribution in [-0.4, -0.2) is 54.9 Å². The second kappa shape index (κ2) is 8.69. The smallest absolute Gasteiger partial charge is 0.190 e. The van der Waals surface area contributed by atoms with Crippen LogP contribution in [0.4, 0.5) is 4.39 Å². The van der Waals surface area contributed by atoms with Gasteiger partial charge in [-0.05, 0) is 72.8 Å². The molecule has 0 unspecified atom stereocenters. The minimum absolute atomic E-state index is 0.0219. The molecule has 39 heavy (non-hydrogen) atoms. The van der Waals surface area contributed by atoms with Crippen molar-refractivity contribution in [1.29, 1.82) is 0 Å². The van der Waals surface area contributed by atoms with Crippen LogP contribution in [0.25, 0.3) is 12.2 Å². The first-order valence-electron chi connectivity index (χ1n) is 14.1. The third kappa shape index (κ3) is 3.36. The number of aliphatic hydroxyl groups is 3. The van der Waals surface area contributed by atoms with E-state index in [1.54, 1.807) is 0 Å². The number of rotatable bonds is 5. The molecule has 4 aliphatic rings. The Morgan fingerprint density at radius 3 is 2.79 bits per heavy atom. The number of aromatic nitrogens is 2. The zero-order valence-corrected chi connectivity index (χ0v) is 23.0. The van der Waals surface area contributed by atoms with E-state index in [-0.39, 0.29) is 12.3 Å². The number of fused-ring (bicyclic) bond motifs is 6. The second-order valence-corrected chi connectivity index (χ2v) is 13.0. The summed E-state index contributed by atoms with van der Waals surface area (Å²) in [4.78, 5) is 12.9. The van der Waals surface area contributed by atoms with Gasteiger partial charge in [0.2, 0.25) is 0 Å². The van der Waals surface area contributed by atoms with Crippen LogP contribution >= 0.6 is 0 Å². The van der Waals surface area contributed by atoms with Crippen LogP contribution in [0.15, 0.2) is 42.6 Å². The highest BCUT2D eigenvalue weighted by Gasteiger charge is 2.75. The minimum atomic E-state index is -1.91. The van der Waals surface area contributed by atoms with E-state index in [9.17, 15) is 20.1 Å². The van der Waals surface area contributed by atoms with E-state index in [1.807, 2.05) is 55.9 Å². The van der Waals surface area contributed by atoms with Crippen LogP contribution in [0.2, 0.25) is 0 Å². The molecule has 3 saturated carbocycles. The summed E-state index contributed by atoms with van der Waals surface area (Å²) >= 11 is 0. The molecule has 208 valence electrons. The molecule has 3 fully saturated rings. The molecular formula is C32H39FN2O4. The summed E-state index contributed by atoms with van der Waals surface area (Å²) in [5.74, 6) is -1.84. The van der Waals surface area contributed by atoms with E-state index in [1.165, 1.54) is 0 Å². The molecule has 1 aromatic carbocycles. The maximum Gasteiger partial charge on any atom is 0.190 e. The van der Waals surface area contributed by atoms with Gasteiger partial charge >= 0.3 is 0 Å². The van der Waals surface area contributed by atoms with E-state index in [0.717, 1.165) is 28.0 Å². The maximum absolute atomic E-state index is 17.8. The van der Waals surface area contributed by atoms with Crippen molar-refractivity contribution < 1.29 is 24.5 Å². The lowest BCUT2D eigenvalue weighted by Crippen LogP contribution is -2.70. The highest BCUT2D eigenvalue weighted by atomic mass is 19.1. The highest BCUT2D eigenvalue weighted by molar-refractivity contribution is 5.90. The van der Waals surface area contributed by atoms with Gasteiger partial charge in [0.25, 0.3) is 0 Å². The van der Waals surface area contributed by atoms with Crippen LogP contribution in [0.1, 0.15) is 68.8 Å². The van der Waals surface area contributed by atoms with Gasteiger partial charge in [-0.3, -0.25) is 9.48 Å². The van der Waals surface area contributed by atoms with Gasteiger partial charge in [0.1, 0.15) is 17.9 Å². The van der Waals surface area contributed by atoms with Gasteiger partial charge in [-0.2, -0.15) is 5.10 Å². The molecule has 6 nitrogen and oxygen atoms in total. The first-order chi connectivity index (χ1) is 18.4. The Labute approximate surface area is 229 Å². The van der Waals surface area contributed by atoms with Gasteiger partial charge < -0.3 is 15.3 Å². The van der Waals surface area contributed by atoms with Crippen LogP contribution in [-0.2, 0) is 17.8 Å². The van der Waals surface area contributed by atoms with Gasteiger partial charge in [-0.25, -0.2) is 4.39 Å². The first kappa shape index (κ1) is 26.6. The molecule has 0 saturated heterocycles. The number of aliphatic hydroxyl groups excluding tert-OH is 2. The van der Waals surface area contributed by atoms with Crippen molar-refractivity contribution in [2.75, 3.05) is 6.61 Å². The molecule has 0 amide bonds. The fourth-order valence-corrected chi connectivity index (χ4v) is 9.25. The molecule has 1 heterocycles. The number of ketones is 1. The van der Waals surface area contributed by atoms with E-state index in [2.05, 4.69) is 18.7 Å². The standard InChI is InChI=1S/C32H39FN2O4/c1-5-20-7-6-8-21(12-20)16-35-17-22-14-29(3)23(13-26(22)34-35)9-10-24-25-11-19(2)32(39,28(38)18-36)30(25,4)15-27(37)31(24,29)33/h5-8,12-13,17,19,24-25,27,36-37,39H,1,9-11,14-16,18H2,2-4H3/t19-,24+,25+,27+,29+,30+,31+,32+/m1/s1. The van der Waals surface area contributed by atoms with Crippen LogP contribution in [0, 0.1) is 28.6 Å². The van der Waals surface area contributed by atoms with Crippen molar-refractivity contribution in [3.63, 3.8) is 0 Å². The summed E-state index contributed by atoms with van der Waals surface area (Å²) in [6, 6.07) is 8.13. The lowest BCUT2D eigenvalue weighted by atomic mass is 9.43. The number of nitrogens with zero attached hydrogens (tertiary/aromatic N) is 2. The fourth-order valence-electron chi connectivity index (χ4n) is 9.25. The Balaban J connectivity index is 1.35. The monoisotopic (exact) mass is 534 g/mol. The Morgan fingerprint density at radius 2 is 2.08 bits per heavy atom. The topological polar surface area (TPSA) is 95.6 Å². The Bertz CT molecular complexity index is 1380. The average molecular weight is 535 g/mol.